The van der Waals surface area contributed by atoms with Crippen molar-refractivity contribution in [1.29, 1.82) is 0 Å². The van der Waals surface area contributed by atoms with Crippen LogP contribution in [0.2, 0.25) is 0 Å². The minimum atomic E-state index is -0.0535. The minimum Gasteiger partial charge on any atom is -0.506 e. The second kappa shape index (κ2) is 9.26. The third-order valence-electron chi connectivity index (χ3n) is 6.49. The van der Waals surface area contributed by atoms with Crippen LogP contribution in [0.3, 0.4) is 0 Å². The molecule has 0 fully saturated rings. The first kappa shape index (κ1) is 23.1. The molecule has 0 aromatic heterocycles. The van der Waals surface area contributed by atoms with Gasteiger partial charge in [-0.25, -0.2) is 0 Å². The van der Waals surface area contributed by atoms with Gasteiger partial charge in [-0.05, 0) is 57.9 Å². The summed E-state index contributed by atoms with van der Waals surface area (Å²) in [5.41, 5.74) is 13.8. The van der Waals surface area contributed by atoms with Crippen LogP contribution >= 0.6 is 0 Å². The number of phenols is 2. The van der Waals surface area contributed by atoms with Crippen molar-refractivity contribution in [2.45, 2.75) is 0 Å². The number of ether oxygens (including phenoxy) is 2. The molecule has 0 radical (unpaired) electrons. The Bertz CT molecular complexity index is 1700. The van der Waals surface area contributed by atoms with Gasteiger partial charge in [0.25, 0.3) is 0 Å². The van der Waals surface area contributed by atoms with Crippen molar-refractivity contribution in [3.05, 3.63) is 109 Å². The van der Waals surface area contributed by atoms with Gasteiger partial charge in [-0.3, -0.25) is 0 Å². The lowest BCUT2D eigenvalue weighted by molar-refractivity contribution is 0.454. The Hall–Kier alpha value is -5.36. The number of hydrogen-bond donors (Lipinski definition) is 4. The molecule has 6 rings (SSSR count). The molecule has 186 valence electrons. The van der Waals surface area contributed by atoms with E-state index in [4.69, 9.17) is 20.9 Å². The smallest absolute Gasteiger partial charge is 0.142 e. The van der Waals surface area contributed by atoms with E-state index < -0.39 is 0 Å². The van der Waals surface area contributed by atoms with Crippen molar-refractivity contribution >= 4 is 32.9 Å². The first-order valence-corrected chi connectivity index (χ1v) is 12.0. The summed E-state index contributed by atoms with van der Waals surface area (Å²) in [7, 11) is 0. The minimum absolute atomic E-state index is 0.0535. The number of aromatic hydroxyl groups is 2. The monoisotopic (exact) mass is 500 g/mol. The van der Waals surface area contributed by atoms with E-state index in [1.54, 1.807) is 24.3 Å². The molecule has 0 saturated heterocycles. The van der Waals surface area contributed by atoms with Crippen molar-refractivity contribution in [1.82, 2.24) is 0 Å². The molecular weight excluding hydrogens is 476 g/mol. The molecule has 6 N–H and O–H groups in total. The van der Waals surface area contributed by atoms with Gasteiger partial charge in [0, 0.05) is 23.3 Å². The van der Waals surface area contributed by atoms with Crippen molar-refractivity contribution in [2.24, 2.45) is 0 Å². The first-order valence-electron chi connectivity index (χ1n) is 12.0. The van der Waals surface area contributed by atoms with Crippen LogP contribution in [0.4, 0.5) is 11.4 Å². The molecule has 0 amide bonds. The van der Waals surface area contributed by atoms with E-state index in [0.29, 0.717) is 23.0 Å². The number of phenolic OH excluding ortho intramolecular Hbond substituents is 2. The predicted molar refractivity (Wildman–Crippen MR) is 152 cm³/mol. The van der Waals surface area contributed by atoms with Gasteiger partial charge in [0.05, 0.1) is 11.4 Å². The molecule has 0 atom stereocenters. The highest BCUT2D eigenvalue weighted by atomic mass is 16.5. The fourth-order valence-electron chi connectivity index (χ4n) is 4.62. The average Bonchev–Trinajstić information content (AvgIpc) is 2.93. The van der Waals surface area contributed by atoms with Crippen molar-refractivity contribution in [3.63, 3.8) is 0 Å². The van der Waals surface area contributed by atoms with Crippen LogP contribution in [0.1, 0.15) is 0 Å². The highest BCUT2D eigenvalue weighted by molar-refractivity contribution is 6.10. The Morgan fingerprint density at radius 3 is 1.32 bits per heavy atom. The van der Waals surface area contributed by atoms with Crippen LogP contribution in [0.5, 0.6) is 34.5 Å². The molecule has 0 heterocycles. The Balaban J connectivity index is 1.62. The molecular formula is C32H24N2O4. The van der Waals surface area contributed by atoms with Gasteiger partial charge in [0.15, 0.2) is 0 Å². The van der Waals surface area contributed by atoms with Crippen LogP contribution < -0.4 is 20.9 Å². The number of benzene rings is 6. The number of rotatable bonds is 5. The normalized spacial score (nSPS) is 11.1. The van der Waals surface area contributed by atoms with Gasteiger partial charge >= 0.3 is 0 Å². The Morgan fingerprint density at radius 1 is 0.474 bits per heavy atom. The van der Waals surface area contributed by atoms with Crippen molar-refractivity contribution in [2.75, 3.05) is 11.5 Å². The third-order valence-corrected chi connectivity index (χ3v) is 6.49. The Morgan fingerprint density at radius 2 is 0.895 bits per heavy atom. The summed E-state index contributed by atoms with van der Waals surface area (Å²) < 4.78 is 12.7. The van der Waals surface area contributed by atoms with E-state index in [9.17, 15) is 10.2 Å². The topological polar surface area (TPSA) is 111 Å². The largest absolute Gasteiger partial charge is 0.506 e. The molecule has 38 heavy (non-hydrogen) atoms. The molecule has 0 bridgehead atoms. The third kappa shape index (κ3) is 4.14. The zero-order chi connectivity index (χ0) is 26.2. The number of nitrogens with two attached hydrogens (primary N) is 2. The molecule has 0 aliphatic heterocycles. The molecule has 6 aromatic carbocycles. The van der Waals surface area contributed by atoms with Gasteiger partial charge in [-0.1, -0.05) is 60.7 Å². The fourth-order valence-corrected chi connectivity index (χ4v) is 4.62. The van der Waals surface area contributed by atoms with Crippen LogP contribution in [-0.2, 0) is 0 Å². The maximum atomic E-state index is 10.2. The maximum absolute atomic E-state index is 10.2. The summed E-state index contributed by atoms with van der Waals surface area (Å²) in [6, 6.07) is 33.5. The van der Waals surface area contributed by atoms with E-state index in [1.807, 2.05) is 72.8 Å². The maximum Gasteiger partial charge on any atom is 0.142 e. The fraction of sp³-hybridized carbons (Fsp3) is 0. The summed E-state index contributed by atoms with van der Waals surface area (Å²) in [6.45, 7) is 0. The number of fused-ring (bicyclic) bond motifs is 2. The lowest BCUT2D eigenvalue weighted by Crippen LogP contribution is -1.95. The number of hydrogen-bond acceptors (Lipinski definition) is 6. The van der Waals surface area contributed by atoms with Gasteiger partial charge in [0.1, 0.15) is 34.5 Å². The highest BCUT2D eigenvalue weighted by Gasteiger charge is 2.20. The lowest BCUT2D eigenvalue weighted by atomic mass is 9.92. The Labute approximate surface area is 218 Å². The van der Waals surface area contributed by atoms with E-state index in [0.717, 1.165) is 32.7 Å². The summed E-state index contributed by atoms with van der Waals surface area (Å²) in [4.78, 5) is 0. The van der Waals surface area contributed by atoms with Gasteiger partial charge in [-0.2, -0.15) is 0 Å². The van der Waals surface area contributed by atoms with E-state index in [-0.39, 0.29) is 22.9 Å². The molecule has 0 spiro atoms. The summed E-state index contributed by atoms with van der Waals surface area (Å²) in [6.07, 6.45) is 0. The number of nitrogen functional groups attached to an aromatic ring is 2. The first-order chi connectivity index (χ1) is 18.5. The lowest BCUT2D eigenvalue weighted by Gasteiger charge is -2.20. The molecule has 0 unspecified atom stereocenters. The molecule has 6 nitrogen and oxygen atoms in total. The summed E-state index contributed by atoms with van der Waals surface area (Å²) >= 11 is 0. The summed E-state index contributed by atoms with van der Waals surface area (Å²) in [5.74, 6) is 1.94. The predicted octanol–water partition coefficient (Wildman–Crippen LogP) is 7.82. The molecule has 6 aromatic rings. The van der Waals surface area contributed by atoms with Crippen molar-refractivity contribution in [3.8, 4) is 45.6 Å². The van der Waals surface area contributed by atoms with E-state index in [2.05, 4.69) is 0 Å². The second-order valence-corrected chi connectivity index (χ2v) is 8.97. The summed E-state index contributed by atoms with van der Waals surface area (Å²) in [5, 5.41) is 24.3. The van der Waals surface area contributed by atoms with Crippen LogP contribution in [-0.4, -0.2) is 10.2 Å². The number of anilines is 2. The van der Waals surface area contributed by atoms with Crippen molar-refractivity contribution < 1.29 is 19.7 Å². The van der Waals surface area contributed by atoms with Gasteiger partial charge in [0.2, 0.25) is 0 Å². The molecule has 0 saturated carbocycles. The zero-order valence-electron chi connectivity index (χ0n) is 20.3. The van der Waals surface area contributed by atoms with Crippen LogP contribution in [0.15, 0.2) is 109 Å². The van der Waals surface area contributed by atoms with Gasteiger partial charge in [-0.15, -0.1) is 0 Å². The van der Waals surface area contributed by atoms with Crippen LogP contribution in [0.25, 0.3) is 32.7 Å². The van der Waals surface area contributed by atoms with Crippen LogP contribution in [0, 0.1) is 0 Å². The highest BCUT2D eigenvalue weighted by Crippen LogP contribution is 2.48. The van der Waals surface area contributed by atoms with E-state index >= 15 is 0 Å². The quantitative estimate of drug-likeness (QED) is 0.142. The van der Waals surface area contributed by atoms with E-state index in [1.165, 1.54) is 12.1 Å². The average molecular weight is 501 g/mol. The molecule has 6 heteroatoms. The standard InChI is InChI=1S/C32H24N2O4/c33-25-13-11-21(17-27(25)35)37-29-15-9-19-5-1-3-7-23(19)31(29)32-24-8-4-2-6-20(24)10-16-30(32)38-22-12-14-26(34)28(36)18-22/h1-18,35-36H,33-34H2. The molecule has 0 aliphatic rings. The second-order valence-electron chi connectivity index (χ2n) is 8.97. The Kier molecular flexibility index (Phi) is 5.62. The zero-order valence-corrected chi connectivity index (χ0v) is 20.3. The van der Waals surface area contributed by atoms with Gasteiger partial charge < -0.3 is 31.2 Å². The molecule has 0 aliphatic carbocycles. The SMILES string of the molecule is Nc1ccc(Oc2ccc3ccccc3c2-c2c(Oc3ccc(N)c(O)c3)ccc3ccccc23)cc1O.